The highest BCUT2D eigenvalue weighted by atomic mass is 32.2. The van der Waals surface area contributed by atoms with Crippen LogP contribution in [0.15, 0.2) is 0 Å². The van der Waals surface area contributed by atoms with E-state index in [1.807, 2.05) is 11.8 Å². The zero-order chi connectivity index (χ0) is 12.5. The number of carbonyl (C=O) groups excluding carboxylic acids is 1. The normalized spacial score (nSPS) is 40.6. The first kappa shape index (κ1) is 12.8. The average Bonchev–Trinajstić information content (AvgIpc) is 2.93. The van der Waals surface area contributed by atoms with Gasteiger partial charge in [0, 0.05) is 24.2 Å². The number of carbonyl (C=O) groups is 1. The summed E-state index contributed by atoms with van der Waals surface area (Å²) in [7, 11) is 0. The molecule has 18 heavy (non-hydrogen) atoms. The molecule has 0 aromatic heterocycles. The maximum atomic E-state index is 12.6. The second kappa shape index (κ2) is 5.41. The minimum absolute atomic E-state index is 0.0889. The number of nitrogens with one attached hydrogen (secondary N) is 1. The van der Waals surface area contributed by atoms with Crippen LogP contribution in [-0.2, 0) is 4.79 Å². The van der Waals surface area contributed by atoms with Crippen LogP contribution in [0.5, 0.6) is 0 Å². The van der Waals surface area contributed by atoms with Gasteiger partial charge < -0.3 is 4.90 Å². The van der Waals surface area contributed by atoms with Crippen LogP contribution in [0.4, 0.5) is 0 Å². The number of amides is 1. The molecule has 0 spiro atoms. The molecule has 2 saturated heterocycles. The van der Waals surface area contributed by atoms with Crippen molar-refractivity contribution in [3.05, 3.63) is 0 Å². The van der Waals surface area contributed by atoms with E-state index in [0.29, 0.717) is 11.9 Å². The summed E-state index contributed by atoms with van der Waals surface area (Å²) in [4.78, 5) is 14.8. The minimum atomic E-state index is 0.0889. The second-order valence-corrected chi connectivity index (χ2v) is 7.12. The Morgan fingerprint density at radius 3 is 2.89 bits per heavy atom. The van der Waals surface area contributed by atoms with Gasteiger partial charge in [-0.05, 0) is 31.1 Å². The lowest BCUT2D eigenvalue weighted by Gasteiger charge is -2.48. The van der Waals surface area contributed by atoms with E-state index >= 15 is 0 Å². The maximum Gasteiger partial charge on any atom is 0.240 e. The van der Waals surface area contributed by atoms with Crippen LogP contribution in [0.1, 0.15) is 39.0 Å². The fourth-order valence-corrected chi connectivity index (χ4v) is 4.87. The van der Waals surface area contributed by atoms with Gasteiger partial charge in [0.1, 0.15) is 0 Å². The maximum absolute atomic E-state index is 12.6. The van der Waals surface area contributed by atoms with Gasteiger partial charge in [0.25, 0.3) is 0 Å². The Morgan fingerprint density at radius 2 is 2.11 bits per heavy atom. The van der Waals surface area contributed by atoms with E-state index in [2.05, 4.69) is 17.1 Å². The Balaban J connectivity index is 1.72. The molecular weight excluding hydrogens is 244 g/mol. The van der Waals surface area contributed by atoms with E-state index in [1.165, 1.54) is 32.1 Å². The van der Waals surface area contributed by atoms with Crippen LogP contribution in [0.25, 0.3) is 0 Å². The summed E-state index contributed by atoms with van der Waals surface area (Å²) in [6.45, 7) is 3.37. The SMILES string of the molecule is CC1CCN(C(=O)C2CSCN2)C2CCCCC12. The fraction of sp³-hybridized carbons (Fsp3) is 0.929. The monoisotopic (exact) mass is 268 g/mol. The van der Waals surface area contributed by atoms with Gasteiger partial charge in [-0.2, -0.15) is 0 Å². The van der Waals surface area contributed by atoms with Crippen LogP contribution >= 0.6 is 11.8 Å². The van der Waals surface area contributed by atoms with Crippen LogP contribution in [-0.4, -0.2) is 41.1 Å². The van der Waals surface area contributed by atoms with Crippen molar-refractivity contribution in [2.45, 2.75) is 51.1 Å². The van der Waals surface area contributed by atoms with Crippen LogP contribution in [0.2, 0.25) is 0 Å². The van der Waals surface area contributed by atoms with Gasteiger partial charge in [-0.1, -0.05) is 19.8 Å². The molecule has 4 heteroatoms. The van der Waals surface area contributed by atoms with Crippen molar-refractivity contribution in [2.24, 2.45) is 11.8 Å². The number of nitrogens with zero attached hydrogens (tertiary/aromatic N) is 1. The molecule has 3 aliphatic rings. The molecule has 102 valence electrons. The Bertz CT molecular complexity index is 317. The quantitative estimate of drug-likeness (QED) is 0.790. The van der Waals surface area contributed by atoms with Crippen molar-refractivity contribution in [2.75, 3.05) is 18.2 Å². The molecule has 4 unspecified atom stereocenters. The predicted molar refractivity (Wildman–Crippen MR) is 75.5 cm³/mol. The van der Waals surface area contributed by atoms with Gasteiger partial charge in [0.15, 0.2) is 0 Å². The number of likely N-dealkylation sites (tertiary alicyclic amines) is 1. The van der Waals surface area contributed by atoms with Crippen LogP contribution in [0.3, 0.4) is 0 Å². The van der Waals surface area contributed by atoms with Gasteiger partial charge in [0.2, 0.25) is 5.91 Å². The zero-order valence-corrected chi connectivity index (χ0v) is 12.0. The zero-order valence-electron chi connectivity index (χ0n) is 11.2. The van der Waals surface area contributed by atoms with E-state index in [9.17, 15) is 4.79 Å². The Labute approximate surface area is 114 Å². The molecule has 2 heterocycles. The Morgan fingerprint density at radius 1 is 1.28 bits per heavy atom. The van der Waals surface area contributed by atoms with Crippen molar-refractivity contribution in [3.63, 3.8) is 0 Å². The van der Waals surface area contributed by atoms with Crippen LogP contribution in [0, 0.1) is 11.8 Å². The van der Waals surface area contributed by atoms with Crippen molar-refractivity contribution in [1.29, 1.82) is 0 Å². The molecule has 1 saturated carbocycles. The summed E-state index contributed by atoms with van der Waals surface area (Å²) in [5, 5.41) is 3.33. The molecule has 1 amide bonds. The van der Waals surface area contributed by atoms with Crippen molar-refractivity contribution < 1.29 is 4.79 Å². The molecule has 3 rings (SSSR count). The highest BCUT2D eigenvalue weighted by Crippen LogP contribution is 2.39. The first-order valence-electron chi connectivity index (χ1n) is 7.39. The lowest BCUT2D eigenvalue weighted by atomic mass is 9.72. The molecule has 0 bridgehead atoms. The molecule has 0 aromatic carbocycles. The summed E-state index contributed by atoms with van der Waals surface area (Å²) in [6.07, 6.45) is 6.45. The second-order valence-electron chi connectivity index (χ2n) is 6.09. The fourth-order valence-electron chi connectivity index (χ4n) is 3.94. The number of fused-ring (bicyclic) bond motifs is 1. The van der Waals surface area contributed by atoms with Gasteiger partial charge in [-0.3, -0.25) is 10.1 Å². The Kier molecular flexibility index (Phi) is 3.85. The Hall–Kier alpha value is -0.220. The number of rotatable bonds is 1. The van der Waals surface area contributed by atoms with E-state index in [0.717, 1.165) is 30.0 Å². The first-order valence-corrected chi connectivity index (χ1v) is 8.54. The van der Waals surface area contributed by atoms with Gasteiger partial charge in [-0.25, -0.2) is 0 Å². The van der Waals surface area contributed by atoms with E-state index in [-0.39, 0.29) is 6.04 Å². The first-order chi connectivity index (χ1) is 8.77. The molecule has 1 aliphatic carbocycles. The van der Waals surface area contributed by atoms with Crippen molar-refractivity contribution in [1.82, 2.24) is 10.2 Å². The summed E-state index contributed by atoms with van der Waals surface area (Å²) in [5.74, 6) is 3.86. The number of hydrogen-bond donors (Lipinski definition) is 1. The molecule has 3 nitrogen and oxygen atoms in total. The molecule has 0 radical (unpaired) electrons. The molecule has 3 fully saturated rings. The topological polar surface area (TPSA) is 32.3 Å². The third kappa shape index (κ3) is 2.29. The lowest BCUT2D eigenvalue weighted by Crippen LogP contribution is -2.56. The number of thioether (sulfide) groups is 1. The van der Waals surface area contributed by atoms with E-state index in [1.54, 1.807) is 0 Å². The average molecular weight is 268 g/mol. The van der Waals surface area contributed by atoms with E-state index < -0.39 is 0 Å². The molecule has 0 aromatic rings. The van der Waals surface area contributed by atoms with Gasteiger partial charge in [0.05, 0.1) is 6.04 Å². The predicted octanol–water partition coefficient (Wildman–Crippen LogP) is 2.08. The van der Waals surface area contributed by atoms with Crippen molar-refractivity contribution in [3.8, 4) is 0 Å². The minimum Gasteiger partial charge on any atom is -0.338 e. The summed E-state index contributed by atoms with van der Waals surface area (Å²) < 4.78 is 0. The van der Waals surface area contributed by atoms with Crippen molar-refractivity contribution >= 4 is 17.7 Å². The van der Waals surface area contributed by atoms with Gasteiger partial charge in [-0.15, -0.1) is 11.8 Å². The van der Waals surface area contributed by atoms with E-state index in [4.69, 9.17) is 0 Å². The largest absolute Gasteiger partial charge is 0.338 e. The highest BCUT2D eigenvalue weighted by Gasteiger charge is 2.41. The highest BCUT2D eigenvalue weighted by molar-refractivity contribution is 7.99. The van der Waals surface area contributed by atoms with Crippen LogP contribution < -0.4 is 5.32 Å². The summed E-state index contributed by atoms with van der Waals surface area (Å²) >= 11 is 1.85. The number of hydrogen-bond acceptors (Lipinski definition) is 3. The lowest BCUT2D eigenvalue weighted by molar-refractivity contribution is -0.140. The smallest absolute Gasteiger partial charge is 0.240 e. The third-order valence-electron chi connectivity index (χ3n) is 5.04. The van der Waals surface area contributed by atoms with Gasteiger partial charge >= 0.3 is 0 Å². The molecule has 1 N–H and O–H groups in total. The molecular formula is C14H24N2OS. The standard InChI is InChI=1S/C14H24N2OS/c1-10-6-7-16(13-5-3-2-4-11(10)13)14(17)12-8-18-9-15-12/h10-13,15H,2-9H2,1H3. The number of piperidine rings is 1. The summed E-state index contributed by atoms with van der Waals surface area (Å²) in [6, 6.07) is 0.633. The molecule has 2 aliphatic heterocycles. The molecule has 4 atom stereocenters. The summed E-state index contributed by atoms with van der Waals surface area (Å²) in [5.41, 5.74) is 0. The third-order valence-corrected chi connectivity index (χ3v) is 5.98.